The van der Waals surface area contributed by atoms with Gasteiger partial charge in [-0.25, -0.2) is 4.79 Å². The molecular formula is C11H19NO8. The Bertz CT molecular complexity index is 360. The quantitative estimate of drug-likeness (QED) is 0.342. The normalized spacial score (nSPS) is 35.2. The SMILES string of the molecule is CC(=O)NC1[C@H](O)OC(COC(=O)[C@H](C)O)[C@@H](O)[C@@H]1O. The smallest absolute Gasteiger partial charge is 0.334 e. The summed E-state index contributed by atoms with van der Waals surface area (Å²) in [6.45, 7) is 1.94. The topological polar surface area (TPSA) is 146 Å². The van der Waals surface area contributed by atoms with Crippen LogP contribution in [0, 0.1) is 0 Å². The average Bonchev–Trinajstić information content (AvgIpc) is 2.36. The van der Waals surface area contributed by atoms with E-state index in [9.17, 15) is 24.9 Å². The van der Waals surface area contributed by atoms with Gasteiger partial charge in [0.25, 0.3) is 0 Å². The Morgan fingerprint density at radius 2 is 1.90 bits per heavy atom. The maximum Gasteiger partial charge on any atom is 0.334 e. The second-order valence-electron chi connectivity index (χ2n) is 4.58. The molecular weight excluding hydrogens is 274 g/mol. The molecule has 0 aliphatic carbocycles. The zero-order chi connectivity index (χ0) is 15.4. The van der Waals surface area contributed by atoms with E-state index in [0.717, 1.165) is 0 Å². The fourth-order valence-electron chi connectivity index (χ4n) is 1.76. The van der Waals surface area contributed by atoms with Crippen LogP contribution in [0.5, 0.6) is 0 Å². The van der Waals surface area contributed by atoms with Gasteiger partial charge < -0.3 is 35.2 Å². The van der Waals surface area contributed by atoms with Crippen LogP contribution >= 0.6 is 0 Å². The van der Waals surface area contributed by atoms with Crippen LogP contribution in [-0.2, 0) is 19.1 Å². The number of aliphatic hydroxyl groups excluding tert-OH is 4. The Morgan fingerprint density at radius 1 is 1.30 bits per heavy atom. The molecule has 6 atom stereocenters. The van der Waals surface area contributed by atoms with Gasteiger partial charge in [0, 0.05) is 6.92 Å². The molecule has 0 aromatic rings. The van der Waals surface area contributed by atoms with Gasteiger partial charge in [-0.3, -0.25) is 4.79 Å². The molecule has 1 aliphatic rings. The minimum atomic E-state index is -1.56. The maximum absolute atomic E-state index is 11.1. The second-order valence-corrected chi connectivity index (χ2v) is 4.58. The summed E-state index contributed by atoms with van der Waals surface area (Å²) in [5.41, 5.74) is 0. The summed E-state index contributed by atoms with van der Waals surface area (Å²) in [6, 6.07) is -1.19. The van der Waals surface area contributed by atoms with Crippen molar-refractivity contribution in [2.24, 2.45) is 0 Å². The Kier molecular flexibility index (Phi) is 5.84. The van der Waals surface area contributed by atoms with Gasteiger partial charge >= 0.3 is 5.97 Å². The van der Waals surface area contributed by atoms with Crippen LogP contribution in [0.15, 0.2) is 0 Å². The zero-order valence-electron chi connectivity index (χ0n) is 11.1. The van der Waals surface area contributed by atoms with E-state index in [0.29, 0.717) is 0 Å². The van der Waals surface area contributed by atoms with E-state index in [2.05, 4.69) is 10.1 Å². The van der Waals surface area contributed by atoms with Crippen molar-refractivity contribution in [1.29, 1.82) is 0 Å². The summed E-state index contributed by atoms with van der Waals surface area (Å²) in [5, 5.41) is 40.4. The molecule has 9 heteroatoms. The lowest BCUT2D eigenvalue weighted by Crippen LogP contribution is -2.64. The van der Waals surface area contributed by atoms with Crippen LogP contribution in [0.2, 0.25) is 0 Å². The predicted octanol–water partition coefficient (Wildman–Crippen LogP) is -3.15. The molecule has 20 heavy (non-hydrogen) atoms. The molecule has 0 aromatic carbocycles. The number of hydrogen-bond donors (Lipinski definition) is 5. The van der Waals surface area contributed by atoms with Crippen molar-refractivity contribution in [3.8, 4) is 0 Å². The van der Waals surface area contributed by atoms with Gasteiger partial charge in [-0.05, 0) is 6.92 Å². The number of carbonyl (C=O) groups excluding carboxylic acids is 2. The van der Waals surface area contributed by atoms with Gasteiger partial charge in [0.15, 0.2) is 6.29 Å². The lowest BCUT2D eigenvalue weighted by atomic mass is 9.97. The highest BCUT2D eigenvalue weighted by atomic mass is 16.6. The van der Waals surface area contributed by atoms with Crippen molar-refractivity contribution in [2.75, 3.05) is 6.61 Å². The Balaban J connectivity index is 2.61. The molecule has 1 fully saturated rings. The van der Waals surface area contributed by atoms with Crippen LogP contribution in [0.4, 0.5) is 0 Å². The van der Waals surface area contributed by atoms with Crippen molar-refractivity contribution in [3.05, 3.63) is 0 Å². The van der Waals surface area contributed by atoms with Crippen LogP contribution in [0.3, 0.4) is 0 Å². The number of nitrogens with one attached hydrogen (secondary N) is 1. The molecule has 116 valence electrons. The van der Waals surface area contributed by atoms with Gasteiger partial charge in [-0.15, -0.1) is 0 Å². The average molecular weight is 293 g/mol. The highest BCUT2D eigenvalue weighted by Crippen LogP contribution is 2.20. The minimum Gasteiger partial charge on any atom is -0.461 e. The lowest BCUT2D eigenvalue weighted by Gasteiger charge is -2.40. The molecule has 0 aromatic heterocycles. The summed E-state index contributed by atoms with van der Waals surface area (Å²) < 4.78 is 9.63. The van der Waals surface area contributed by atoms with Gasteiger partial charge in [-0.2, -0.15) is 0 Å². The van der Waals surface area contributed by atoms with Crippen molar-refractivity contribution in [3.63, 3.8) is 0 Å². The monoisotopic (exact) mass is 293 g/mol. The molecule has 1 saturated heterocycles. The summed E-state index contributed by atoms with van der Waals surface area (Å²) in [5.74, 6) is -1.43. The molecule has 0 radical (unpaired) electrons. The fraction of sp³-hybridized carbons (Fsp3) is 0.818. The van der Waals surface area contributed by atoms with Crippen LogP contribution in [-0.4, -0.2) is 75.7 Å². The first-order chi connectivity index (χ1) is 9.23. The molecule has 1 aliphatic heterocycles. The van der Waals surface area contributed by atoms with Gasteiger partial charge in [0.2, 0.25) is 5.91 Å². The number of rotatable bonds is 4. The highest BCUT2D eigenvalue weighted by Gasteiger charge is 2.44. The van der Waals surface area contributed by atoms with Crippen LogP contribution in [0.1, 0.15) is 13.8 Å². The van der Waals surface area contributed by atoms with Crippen molar-refractivity contribution < 1.29 is 39.5 Å². The molecule has 1 heterocycles. The standard InChI is InChI=1S/C11H19NO8/c1-4(13)10(17)19-3-6-8(15)9(16)7(11(18)20-6)12-5(2)14/h4,6-9,11,13,15-16,18H,3H2,1-2H3,(H,12,14)/t4-,6?,7?,8+,9+,11+/m0/s1. The second kappa shape index (κ2) is 6.95. The molecule has 1 amide bonds. The van der Waals surface area contributed by atoms with E-state index in [1.165, 1.54) is 13.8 Å². The number of aliphatic hydroxyl groups is 4. The van der Waals surface area contributed by atoms with Crippen molar-refractivity contribution in [1.82, 2.24) is 5.32 Å². The predicted molar refractivity (Wildman–Crippen MR) is 63.1 cm³/mol. The first-order valence-corrected chi connectivity index (χ1v) is 6.05. The Hall–Kier alpha value is -1.26. The number of amides is 1. The van der Waals surface area contributed by atoms with Crippen LogP contribution < -0.4 is 5.32 Å². The Labute approximate surface area is 115 Å². The molecule has 5 N–H and O–H groups in total. The van der Waals surface area contributed by atoms with Gasteiger partial charge in [0.1, 0.15) is 37.1 Å². The zero-order valence-corrected chi connectivity index (χ0v) is 11.1. The maximum atomic E-state index is 11.1. The minimum absolute atomic E-state index is 0.453. The number of hydrogen-bond acceptors (Lipinski definition) is 8. The highest BCUT2D eigenvalue weighted by molar-refractivity contribution is 5.74. The summed E-state index contributed by atoms with van der Waals surface area (Å²) in [4.78, 5) is 22.0. The summed E-state index contributed by atoms with van der Waals surface area (Å²) in [7, 11) is 0. The van der Waals surface area contributed by atoms with Crippen molar-refractivity contribution in [2.45, 2.75) is 50.6 Å². The van der Waals surface area contributed by atoms with E-state index >= 15 is 0 Å². The molecule has 2 unspecified atom stereocenters. The van der Waals surface area contributed by atoms with Gasteiger partial charge in [-0.1, -0.05) is 0 Å². The van der Waals surface area contributed by atoms with Crippen LogP contribution in [0.25, 0.3) is 0 Å². The van der Waals surface area contributed by atoms with Gasteiger partial charge in [0.05, 0.1) is 0 Å². The number of ether oxygens (including phenoxy) is 2. The number of carbonyl (C=O) groups is 2. The number of esters is 1. The molecule has 0 bridgehead atoms. The molecule has 0 saturated carbocycles. The fourth-order valence-corrected chi connectivity index (χ4v) is 1.76. The van der Waals surface area contributed by atoms with E-state index < -0.39 is 55.2 Å². The Morgan fingerprint density at radius 3 is 2.40 bits per heavy atom. The third-order valence-corrected chi connectivity index (χ3v) is 2.82. The van der Waals surface area contributed by atoms with E-state index in [1.54, 1.807) is 0 Å². The largest absolute Gasteiger partial charge is 0.461 e. The third-order valence-electron chi connectivity index (χ3n) is 2.82. The first-order valence-electron chi connectivity index (χ1n) is 6.05. The first kappa shape index (κ1) is 16.8. The summed E-state index contributed by atoms with van der Waals surface area (Å²) in [6.07, 6.45) is -7.03. The molecule has 1 rings (SSSR count). The van der Waals surface area contributed by atoms with E-state index in [1.807, 2.05) is 0 Å². The molecule has 0 spiro atoms. The third kappa shape index (κ3) is 4.12. The summed E-state index contributed by atoms with van der Waals surface area (Å²) >= 11 is 0. The van der Waals surface area contributed by atoms with E-state index in [-0.39, 0.29) is 0 Å². The van der Waals surface area contributed by atoms with E-state index in [4.69, 9.17) is 9.84 Å². The lowest BCUT2D eigenvalue weighted by molar-refractivity contribution is -0.256. The molecule has 9 nitrogen and oxygen atoms in total. The van der Waals surface area contributed by atoms with Crippen molar-refractivity contribution >= 4 is 11.9 Å².